The standard InChI is InChI=1S/C13H13BrN2O2S/c1-3-18-13(17)11(12-15-4-5-16(12)2)7-10-6-9(14)8-19-10/h4-8H,3H2,1-2H3/b11-7+. The third-order valence-electron chi connectivity index (χ3n) is 2.43. The van der Waals surface area contributed by atoms with Crippen molar-refractivity contribution in [2.45, 2.75) is 6.92 Å². The summed E-state index contributed by atoms with van der Waals surface area (Å²) < 4.78 is 7.88. The molecule has 0 N–H and O–H groups in total. The lowest BCUT2D eigenvalue weighted by atomic mass is 10.2. The van der Waals surface area contributed by atoms with E-state index in [9.17, 15) is 4.79 Å². The largest absolute Gasteiger partial charge is 0.462 e. The molecule has 0 saturated carbocycles. The van der Waals surface area contributed by atoms with Gasteiger partial charge in [-0.05, 0) is 35.0 Å². The number of ether oxygens (including phenoxy) is 1. The van der Waals surface area contributed by atoms with E-state index in [-0.39, 0.29) is 5.97 Å². The van der Waals surface area contributed by atoms with Crippen LogP contribution in [-0.2, 0) is 16.6 Å². The normalized spacial score (nSPS) is 11.6. The molecule has 0 fully saturated rings. The molecule has 0 aliphatic heterocycles. The van der Waals surface area contributed by atoms with Gasteiger partial charge in [-0.3, -0.25) is 0 Å². The SMILES string of the molecule is CCOC(=O)/C(=C/c1cc(Br)cs1)c1nccn1C. The van der Waals surface area contributed by atoms with Gasteiger partial charge in [0.15, 0.2) is 0 Å². The summed E-state index contributed by atoms with van der Waals surface area (Å²) in [5.41, 5.74) is 0.462. The van der Waals surface area contributed by atoms with Crippen LogP contribution in [0, 0.1) is 0 Å². The fourth-order valence-corrected chi connectivity index (χ4v) is 2.97. The predicted molar refractivity (Wildman–Crippen MR) is 79.7 cm³/mol. The molecule has 100 valence electrons. The lowest BCUT2D eigenvalue weighted by molar-refractivity contribution is -0.136. The van der Waals surface area contributed by atoms with Crippen LogP contribution in [0.25, 0.3) is 11.6 Å². The van der Waals surface area contributed by atoms with Gasteiger partial charge in [0.25, 0.3) is 0 Å². The van der Waals surface area contributed by atoms with Crippen LogP contribution in [0.1, 0.15) is 17.6 Å². The second-order valence-corrected chi connectivity index (χ2v) is 5.67. The summed E-state index contributed by atoms with van der Waals surface area (Å²) in [6, 6.07) is 1.95. The Kier molecular flexibility index (Phi) is 4.55. The summed E-state index contributed by atoms with van der Waals surface area (Å²) in [5.74, 6) is 0.240. The second kappa shape index (κ2) is 6.16. The number of hydrogen-bond donors (Lipinski definition) is 0. The third kappa shape index (κ3) is 3.33. The number of rotatable bonds is 4. The Labute approximate surface area is 123 Å². The van der Waals surface area contributed by atoms with Crippen molar-refractivity contribution in [3.8, 4) is 0 Å². The molecule has 2 aromatic rings. The Balaban J connectivity index is 2.43. The van der Waals surface area contributed by atoms with Gasteiger partial charge in [0.2, 0.25) is 0 Å². The van der Waals surface area contributed by atoms with Crippen LogP contribution in [0.2, 0.25) is 0 Å². The molecular formula is C13H13BrN2O2S. The van der Waals surface area contributed by atoms with Crippen LogP contribution >= 0.6 is 27.3 Å². The first-order valence-corrected chi connectivity index (χ1v) is 7.39. The van der Waals surface area contributed by atoms with Crippen molar-refractivity contribution in [1.82, 2.24) is 9.55 Å². The van der Waals surface area contributed by atoms with Crippen molar-refractivity contribution in [2.24, 2.45) is 7.05 Å². The Morgan fingerprint density at radius 1 is 1.63 bits per heavy atom. The average Bonchev–Trinajstić information content (AvgIpc) is 2.95. The van der Waals surface area contributed by atoms with Crippen molar-refractivity contribution in [1.29, 1.82) is 0 Å². The maximum Gasteiger partial charge on any atom is 0.341 e. The summed E-state index contributed by atoms with van der Waals surface area (Å²) in [6.07, 6.45) is 5.26. The van der Waals surface area contributed by atoms with E-state index in [0.717, 1.165) is 9.35 Å². The number of halogens is 1. The van der Waals surface area contributed by atoms with E-state index in [4.69, 9.17) is 4.74 Å². The second-order valence-electron chi connectivity index (χ2n) is 3.81. The van der Waals surface area contributed by atoms with Crippen LogP contribution in [0.4, 0.5) is 0 Å². The zero-order valence-electron chi connectivity index (χ0n) is 10.6. The molecule has 0 radical (unpaired) electrons. The maximum atomic E-state index is 12.1. The van der Waals surface area contributed by atoms with E-state index < -0.39 is 0 Å². The molecule has 0 aromatic carbocycles. The number of hydrogen-bond acceptors (Lipinski definition) is 4. The fraction of sp³-hybridized carbons (Fsp3) is 0.231. The minimum Gasteiger partial charge on any atom is -0.462 e. The lowest BCUT2D eigenvalue weighted by Crippen LogP contribution is -2.10. The third-order valence-corrected chi connectivity index (χ3v) is 4.07. The molecule has 2 heterocycles. The van der Waals surface area contributed by atoms with Crippen LogP contribution in [0.15, 0.2) is 28.3 Å². The van der Waals surface area contributed by atoms with Crippen LogP contribution in [0.5, 0.6) is 0 Å². The monoisotopic (exact) mass is 340 g/mol. The van der Waals surface area contributed by atoms with Crippen molar-refractivity contribution in [3.63, 3.8) is 0 Å². The Morgan fingerprint density at radius 3 is 2.95 bits per heavy atom. The van der Waals surface area contributed by atoms with E-state index in [1.54, 1.807) is 41.3 Å². The first-order chi connectivity index (χ1) is 9.11. The van der Waals surface area contributed by atoms with Gasteiger partial charge in [-0.2, -0.15) is 0 Å². The van der Waals surface area contributed by atoms with E-state index in [0.29, 0.717) is 18.0 Å². The average molecular weight is 341 g/mol. The Morgan fingerprint density at radius 2 is 2.42 bits per heavy atom. The minimum absolute atomic E-state index is 0.342. The highest BCUT2D eigenvalue weighted by atomic mass is 79.9. The van der Waals surface area contributed by atoms with E-state index in [1.807, 2.05) is 18.5 Å². The zero-order chi connectivity index (χ0) is 13.8. The van der Waals surface area contributed by atoms with Gasteiger partial charge in [-0.1, -0.05) is 0 Å². The first kappa shape index (κ1) is 14.0. The van der Waals surface area contributed by atoms with Crippen molar-refractivity contribution < 1.29 is 9.53 Å². The first-order valence-electron chi connectivity index (χ1n) is 5.72. The topological polar surface area (TPSA) is 44.1 Å². The van der Waals surface area contributed by atoms with Gasteiger partial charge in [0.1, 0.15) is 11.4 Å². The smallest absolute Gasteiger partial charge is 0.341 e. The molecule has 0 saturated heterocycles. The van der Waals surface area contributed by atoms with Gasteiger partial charge in [0.05, 0.1) is 6.61 Å². The molecule has 4 nitrogen and oxygen atoms in total. The van der Waals surface area contributed by atoms with Crippen molar-refractivity contribution in [2.75, 3.05) is 6.61 Å². The Bertz CT molecular complexity index is 616. The van der Waals surface area contributed by atoms with Crippen LogP contribution in [0.3, 0.4) is 0 Å². The van der Waals surface area contributed by atoms with Gasteiger partial charge >= 0.3 is 5.97 Å². The highest BCUT2D eigenvalue weighted by molar-refractivity contribution is 9.10. The predicted octanol–water partition coefficient (Wildman–Crippen LogP) is 3.35. The summed E-state index contributed by atoms with van der Waals surface area (Å²) >= 11 is 4.95. The van der Waals surface area contributed by atoms with Crippen LogP contribution < -0.4 is 0 Å². The molecule has 6 heteroatoms. The maximum absolute atomic E-state index is 12.1. The van der Waals surface area contributed by atoms with Gasteiger partial charge in [0, 0.05) is 34.2 Å². The molecular weight excluding hydrogens is 328 g/mol. The number of carbonyl (C=O) groups is 1. The number of aromatic nitrogens is 2. The van der Waals surface area contributed by atoms with Gasteiger partial charge in [-0.15, -0.1) is 11.3 Å². The number of imidazole rings is 1. The zero-order valence-corrected chi connectivity index (χ0v) is 13.0. The number of esters is 1. The van der Waals surface area contributed by atoms with Crippen molar-refractivity contribution >= 4 is 44.9 Å². The highest BCUT2D eigenvalue weighted by Gasteiger charge is 2.17. The van der Waals surface area contributed by atoms with E-state index in [2.05, 4.69) is 20.9 Å². The molecule has 0 aliphatic carbocycles. The molecule has 0 spiro atoms. The molecule has 2 aromatic heterocycles. The molecule has 0 atom stereocenters. The number of thiophene rings is 1. The molecule has 0 amide bonds. The minimum atomic E-state index is -0.360. The number of nitrogens with zero attached hydrogens (tertiary/aromatic N) is 2. The highest BCUT2D eigenvalue weighted by Crippen LogP contribution is 2.25. The number of aryl methyl sites for hydroxylation is 1. The summed E-state index contributed by atoms with van der Waals surface area (Å²) in [6.45, 7) is 2.13. The summed E-state index contributed by atoms with van der Waals surface area (Å²) in [4.78, 5) is 17.2. The summed E-state index contributed by atoms with van der Waals surface area (Å²) in [7, 11) is 1.85. The van der Waals surface area contributed by atoms with Crippen LogP contribution in [-0.4, -0.2) is 22.1 Å². The van der Waals surface area contributed by atoms with Gasteiger partial charge in [-0.25, -0.2) is 9.78 Å². The molecule has 0 aliphatic rings. The lowest BCUT2D eigenvalue weighted by Gasteiger charge is -2.06. The van der Waals surface area contributed by atoms with Gasteiger partial charge < -0.3 is 9.30 Å². The van der Waals surface area contributed by atoms with E-state index in [1.165, 1.54) is 0 Å². The van der Waals surface area contributed by atoms with E-state index >= 15 is 0 Å². The summed E-state index contributed by atoms with van der Waals surface area (Å²) in [5, 5.41) is 1.97. The quantitative estimate of drug-likeness (QED) is 0.633. The molecule has 2 rings (SSSR count). The Hall–Kier alpha value is -1.40. The molecule has 0 bridgehead atoms. The fourth-order valence-electron chi connectivity index (χ4n) is 1.59. The number of carbonyl (C=O) groups excluding carboxylic acids is 1. The van der Waals surface area contributed by atoms with Crippen molar-refractivity contribution in [3.05, 3.63) is 39.0 Å². The molecule has 0 unspecified atom stereocenters. The molecule has 19 heavy (non-hydrogen) atoms.